The molecule has 0 amide bonds. The lowest BCUT2D eigenvalue weighted by atomic mass is 10.0. The molecule has 0 spiro atoms. The predicted molar refractivity (Wildman–Crippen MR) is 81.9 cm³/mol. The summed E-state index contributed by atoms with van der Waals surface area (Å²) >= 11 is 13.9. The lowest BCUT2D eigenvalue weighted by Gasteiger charge is -2.13. The maximum atomic E-state index is 6.09. The highest BCUT2D eigenvalue weighted by Crippen LogP contribution is 2.40. The SMILES string of the molecule is Clc1ccc(Cl)c(OCC2CSc3ccccc32)c1. The third kappa shape index (κ3) is 2.86. The maximum absolute atomic E-state index is 6.09. The Balaban J connectivity index is 1.72. The fraction of sp³-hybridized carbons (Fsp3) is 0.200. The average molecular weight is 311 g/mol. The molecule has 4 heteroatoms. The highest BCUT2D eigenvalue weighted by Gasteiger charge is 2.23. The van der Waals surface area contributed by atoms with Gasteiger partial charge in [-0.1, -0.05) is 41.4 Å². The van der Waals surface area contributed by atoms with E-state index in [4.69, 9.17) is 27.9 Å². The number of ether oxygens (including phenoxy) is 1. The molecule has 2 aromatic carbocycles. The summed E-state index contributed by atoms with van der Waals surface area (Å²) in [5.74, 6) is 2.12. The molecule has 0 saturated carbocycles. The van der Waals surface area contributed by atoms with Gasteiger partial charge in [-0.2, -0.15) is 0 Å². The second-order valence-electron chi connectivity index (χ2n) is 4.43. The minimum absolute atomic E-state index is 0.413. The predicted octanol–water partition coefficient (Wildman–Crippen LogP) is 5.26. The van der Waals surface area contributed by atoms with Crippen LogP contribution in [-0.4, -0.2) is 12.4 Å². The van der Waals surface area contributed by atoms with E-state index < -0.39 is 0 Å². The molecular formula is C15H12Cl2OS. The normalized spacial score (nSPS) is 17.3. The van der Waals surface area contributed by atoms with Crippen LogP contribution < -0.4 is 4.74 Å². The largest absolute Gasteiger partial charge is 0.491 e. The van der Waals surface area contributed by atoms with E-state index in [9.17, 15) is 0 Å². The van der Waals surface area contributed by atoms with Crippen molar-refractivity contribution in [3.63, 3.8) is 0 Å². The molecule has 1 unspecified atom stereocenters. The maximum Gasteiger partial charge on any atom is 0.139 e. The monoisotopic (exact) mass is 310 g/mol. The molecule has 19 heavy (non-hydrogen) atoms. The smallest absolute Gasteiger partial charge is 0.139 e. The van der Waals surface area contributed by atoms with Gasteiger partial charge in [0.15, 0.2) is 0 Å². The summed E-state index contributed by atoms with van der Waals surface area (Å²) in [7, 11) is 0. The molecule has 0 N–H and O–H groups in total. The van der Waals surface area contributed by atoms with Crippen molar-refractivity contribution in [2.75, 3.05) is 12.4 Å². The van der Waals surface area contributed by atoms with E-state index in [-0.39, 0.29) is 0 Å². The van der Waals surface area contributed by atoms with Crippen molar-refractivity contribution in [2.45, 2.75) is 10.8 Å². The van der Waals surface area contributed by atoms with E-state index in [0.717, 1.165) is 5.75 Å². The Kier molecular flexibility index (Phi) is 3.92. The van der Waals surface area contributed by atoms with Gasteiger partial charge in [0.25, 0.3) is 0 Å². The Bertz CT molecular complexity index is 600. The minimum atomic E-state index is 0.413. The topological polar surface area (TPSA) is 9.23 Å². The Morgan fingerprint density at radius 2 is 2.00 bits per heavy atom. The molecule has 1 heterocycles. The summed E-state index contributed by atoms with van der Waals surface area (Å²) in [5, 5.41) is 1.24. The second-order valence-corrected chi connectivity index (χ2v) is 6.34. The van der Waals surface area contributed by atoms with E-state index in [1.807, 2.05) is 11.8 Å². The minimum Gasteiger partial charge on any atom is -0.491 e. The Morgan fingerprint density at radius 3 is 2.89 bits per heavy atom. The molecule has 1 atom stereocenters. The van der Waals surface area contributed by atoms with Gasteiger partial charge in [0.1, 0.15) is 5.75 Å². The van der Waals surface area contributed by atoms with Crippen molar-refractivity contribution in [1.82, 2.24) is 0 Å². The zero-order chi connectivity index (χ0) is 13.2. The molecule has 1 aliphatic heterocycles. The van der Waals surface area contributed by atoms with Crippen LogP contribution in [-0.2, 0) is 0 Å². The van der Waals surface area contributed by atoms with Gasteiger partial charge in [0.05, 0.1) is 11.6 Å². The summed E-state index contributed by atoms with van der Waals surface area (Å²) in [4.78, 5) is 1.35. The summed E-state index contributed by atoms with van der Waals surface area (Å²) < 4.78 is 5.83. The Hall–Kier alpha value is -0.830. The Morgan fingerprint density at radius 1 is 1.16 bits per heavy atom. The Labute approximate surface area is 126 Å². The zero-order valence-corrected chi connectivity index (χ0v) is 12.4. The van der Waals surface area contributed by atoms with Gasteiger partial charge in [0.2, 0.25) is 0 Å². The van der Waals surface area contributed by atoms with Gasteiger partial charge in [-0.3, -0.25) is 0 Å². The fourth-order valence-corrected chi connectivity index (χ4v) is 3.71. The van der Waals surface area contributed by atoms with Crippen LogP contribution in [0.25, 0.3) is 0 Å². The molecule has 1 aliphatic rings. The lowest BCUT2D eigenvalue weighted by molar-refractivity contribution is 0.298. The first-order valence-electron chi connectivity index (χ1n) is 6.03. The highest BCUT2D eigenvalue weighted by molar-refractivity contribution is 7.99. The van der Waals surface area contributed by atoms with Crippen LogP contribution in [0.2, 0.25) is 10.0 Å². The molecule has 0 aliphatic carbocycles. The van der Waals surface area contributed by atoms with E-state index in [2.05, 4.69) is 24.3 Å². The summed E-state index contributed by atoms with van der Waals surface area (Å²) in [6.07, 6.45) is 0. The first-order valence-corrected chi connectivity index (χ1v) is 7.78. The van der Waals surface area contributed by atoms with Gasteiger partial charge in [-0.05, 0) is 23.8 Å². The number of benzene rings is 2. The van der Waals surface area contributed by atoms with E-state index in [0.29, 0.717) is 28.3 Å². The van der Waals surface area contributed by atoms with Gasteiger partial charge in [-0.25, -0.2) is 0 Å². The van der Waals surface area contributed by atoms with Crippen molar-refractivity contribution in [1.29, 1.82) is 0 Å². The molecule has 0 bridgehead atoms. The van der Waals surface area contributed by atoms with Gasteiger partial charge >= 0.3 is 0 Å². The zero-order valence-electron chi connectivity index (χ0n) is 10.1. The summed E-state index contributed by atoms with van der Waals surface area (Å²) in [6.45, 7) is 0.629. The van der Waals surface area contributed by atoms with E-state index in [1.54, 1.807) is 18.2 Å². The van der Waals surface area contributed by atoms with Crippen molar-refractivity contribution in [2.24, 2.45) is 0 Å². The highest BCUT2D eigenvalue weighted by atomic mass is 35.5. The number of fused-ring (bicyclic) bond motifs is 1. The molecule has 0 fully saturated rings. The fourth-order valence-electron chi connectivity index (χ4n) is 2.15. The standard InChI is InChI=1S/C15H12Cl2OS/c16-11-5-6-13(17)14(7-11)18-8-10-9-19-15-4-2-1-3-12(10)15/h1-7,10H,8-9H2. The van der Waals surface area contributed by atoms with Crippen LogP contribution in [0, 0.1) is 0 Å². The quantitative estimate of drug-likeness (QED) is 0.764. The average Bonchev–Trinajstić information content (AvgIpc) is 2.83. The molecule has 98 valence electrons. The number of halogens is 2. The van der Waals surface area contributed by atoms with E-state index >= 15 is 0 Å². The number of thioether (sulfide) groups is 1. The number of hydrogen-bond acceptors (Lipinski definition) is 2. The van der Waals surface area contributed by atoms with Crippen molar-refractivity contribution in [3.05, 3.63) is 58.1 Å². The molecule has 0 radical (unpaired) electrons. The molecule has 0 saturated heterocycles. The molecule has 2 aromatic rings. The van der Waals surface area contributed by atoms with Crippen LogP contribution >= 0.6 is 35.0 Å². The van der Waals surface area contributed by atoms with Crippen molar-refractivity contribution >= 4 is 35.0 Å². The first-order chi connectivity index (χ1) is 9.24. The molecular weight excluding hydrogens is 299 g/mol. The molecule has 3 rings (SSSR count). The van der Waals surface area contributed by atoms with Gasteiger partial charge < -0.3 is 4.74 Å². The molecule has 1 nitrogen and oxygen atoms in total. The van der Waals surface area contributed by atoms with Gasteiger partial charge in [-0.15, -0.1) is 11.8 Å². The van der Waals surface area contributed by atoms with Crippen LogP contribution in [0.3, 0.4) is 0 Å². The summed E-state index contributed by atoms with van der Waals surface area (Å²) in [5.41, 5.74) is 1.37. The van der Waals surface area contributed by atoms with Crippen LogP contribution in [0.4, 0.5) is 0 Å². The second kappa shape index (κ2) is 5.66. The summed E-state index contributed by atoms with van der Waals surface area (Å²) in [6, 6.07) is 13.8. The van der Waals surface area contributed by atoms with Crippen LogP contribution in [0.1, 0.15) is 11.5 Å². The van der Waals surface area contributed by atoms with Crippen molar-refractivity contribution in [3.8, 4) is 5.75 Å². The van der Waals surface area contributed by atoms with Gasteiger partial charge in [0, 0.05) is 27.7 Å². The first kappa shape index (κ1) is 13.2. The van der Waals surface area contributed by atoms with Crippen LogP contribution in [0.15, 0.2) is 47.4 Å². The molecule has 0 aromatic heterocycles. The van der Waals surface area contributed by atoms with Crippen LogP contribution in [0.5, 0.6) is 5.75 Å². The third-order valence-corrected chi connectivity index (χ3v) is 4.93. The number of hydrogen-bond donors (Lipinski definition) is 0. The number of rotatable bonds is 3. The van der Waals surface area contributed by atoms with E-state index in [1.165, 1.54) is 10.5 Å². The van der Waals surface area contributed by atoms with Crippen molar-refractivity contribution < 1.29 is 4.74 Å². The third-order valence-electron chi connectivity index (χ3n) is 3.13. The lowest BCUT2D eigenvalue weighted by Crippen LogP contribution is -2.09.